The molecule has 0 aromatic heterocycles. The molecular weight excluding hydrogens is 308 g/mol. The van der Waals surface area contributed by atoms with E-state index in [-0.39, 0.29) is 5.91 Å². The second-order valence-corrected chi connectivity index (χ2v) is 7.74. The number of rotatable bonds is 6. The molecule has 1 N–H and O–H groups in total. The van der Waals surface area contributed by atoms with Gasteiger partial charge in [0.05, 0.1) is 0 Å². The van der Waals surface area contributed by atoms with Crippen LogP contribution < -0.4 is 5.32 Å². The summed E-state index contributed by atoms with van der Waals surface area (Å²) in [7, 11) is 0. The van der Waals surface area contributed by atoms with Gasteiger partial charge in [0.15, 0.2) is 0 Å². The highest BCUT2D eigenvalue weighted by Crippen LogP contribution is 2.27. The van der Waals surface area contributed by atoms with Gasteiger partial charge in [-0.15, -0.1) is 0 Å². The summed E-state index contributed by atoms with van der Waals surface area (Å²) in [5.41, 5.74) is 1.86. The molecule has 0 unspecified atom stereocenters. The van der Waals surface area contributed by atoms with Crippen molar-refractivity contribution < 1.29 is 4.79 Å². The van der Waals surface area contributed by atoms with Crippen LogP contribution in [0.3, 0.4) is 0 Å². The van der Waals surface area contributed by atoms with Gasteiger partial charge in [0.25, 0.3) is 0 Å². The number of carbonyl (C=O) groups excluding carboxylic acids is 1. The molecule has 3 heteroatoms. The molecule has 1 aromatic rings. The molecule has 1 atom stereocenters. The monoisotopic (exact) mass is 340 g/mol. The van der Waals surface area contributed by atoms with Gasteiger partial charge < -0.3 is 5.32 Å². The highest BCUT2D eigenvalue weighted by Gasteiger charge is 2.27. The molecule has 0 bridgehead atoms. The molecule has 1 aromatic carbocycles. The van der Waals surface area contributed by atoms with Crippen LogP contribution in [0.1, 0.15) is 57.4 Å². The highest BCUT2D eigenvalue weighted by molar-refractivity contribution is 5.97. The molecule has 1 amide bonds. The third-order valence-corrected chi connectivity index (χ3v) is 5.76. The third kappa shape index (κ3) is 5.43. The van der Waals surface area contributed by atoms with Crippen LogP contribution in [-0.4, -0.2) is 36.5 Å². The summed E-state index contributed by atoms with van der Waals surface area (Å²) in [4.78, 5) is 15.0. The first kappa shape index (κ1) is 18.2. The smallest absolute Gasteiger partial charge is 0.246 e. The van der Waals surface area contributed by atoms with Crippen molar-refractivity contribution in [2.75, 3.05) is 19.6 Å². The number of carbonyl (C=O) groups is 1. The number of nitrogens with one attached hydrogen (secondary N) is 1. The van der Waals surface area contributed by atoms with Crippen molar-refractivity contribution in [1.82, 2.24) is 10.2 Å². The zero-order valence-corrected chi connectivity index (χ0v) is 15.5. The second kappa shape index (κ2) is 9.19. The fourth-order valence-corrected chi connectivity index (χ4v) is 4.28. The molecule has 1 heterocycles. The Hall–Kier alpha value is -1.61. The fourth-order valence-electron chi connectivity index (χ4n) is 4.28. The van der Waals surface area contributed by atoms with Gasteiger partial charge in [-0.1, -0.05) is 49.6 Å². The summed E-state index contributed by atoms with van der Waals surface area (Å²) in [5.74, 6) is 0.943. The van der Waals surface area contributed by atoms with E-state index < -0.39 is 0 Å². The lowest BCUT2D eigenvalue weighted by atomic mass is 9.89. The van der Waals surface area contributed by atoms with Crippen molar-refractivity contribution in [3.63, 3.8) is 0 Å². The summed E-state index contributed by atoms with van der Waals surface area (Å²) in [6.45, 7) is 5.12. The van der Waals surface area contributed by atoms with E-state index in [0.29, 0.717) is 6.04 Å². The minimum absolute atomic E-state index is 0.0633. The lowest BCUT2D eigenvalue weighted by Crippen LogP contribution is -2.42. The van der Waals surface area contributed by atoms with Crippen molar-refractivity contribution in [1.29, 1.82) is 0 Å². The number of nitrogens with zero attached hydrogens (tertiary/aromatic N) is 1. The largest absolute Gasteiger partial charge is 0.351 e. The molecule has 25 heavy (non-hydrogen) atoms. The SMILES string of the molecule is CC(=Cc1ccccc1)C(=O)NC[C@@H]1CCCN1CC1CCCCC1. The Balaban J connectivity index is 1.48. The van der Waals surface area contributed by atoms with E-state index >= 15 is 0 Å². The number of hydrogen-bond acceptors (Lipinski definition) is 2. The van der Waals surface area contributed by atoms with Crippen LogP contribution in [-0.2, 0) is 4.79 Å². The van der Waals surface area contributed by atoms with Gasteiger partial charge in [0, 0.05) is 24.7 Å². The fraction of sp³-hybridized carbons (Fsp3) is 0.591. The second-order valence-electron chi connectivity index (χ2n) is 7.74. The molecule has 2 fully saturated rings. The average Bonchev–Trinajstić information content (AvgIpc) is 3.08. The Morgan fingerprint density at radius 3 is 2.64 bits per heavy atom. The first-order valence-electron chi connectivity index (χ1n) is 9.98. The van der Waals surface area contributed by atoms with Gasteiger partial charge in [-0.3, -0.25) is 9.69 Å². The molecular formula is C22H32N2O. The topological polar surface area (TPSA) is 32.3 Å². The summed E-state index contributed by atoms with van der Waals surface area (Å²) >= 11 is 0. The molecule has 0 spiro atoms. The predicted octanol–water partition coefficient (Wildman–Crippen LogP) is 4.25. The molecule has 136 valence electrons. The maximum absolute atomic E-state index is 12.4. The van der Waals surface area contributed by atoms with Gasteiger partial charge in [-0.2, -0.15) is 0 Å². The van der Waals surface area contributed by atoms with Crippen molar-refractivity contribution in [2.24, 2.45) is 5.92 Å². The van der Waals surface area contributed by atoms with Gasteiger partial charge >= 0.3 is 0 Å². The van der Waals surface area contributed by atoms with Crippen LogP contribution in [0.15, 0.2) is 35.9 Å². The molecule has 1 saturated carbocycles. The number of hydrogen-bond donors (Lipinski definition) is 1. The molecule has 3 nitrogen and oxygen atoms in total. The Morgan fingerprint density at radius 2 is 1.88 bits per heavy atom. The van der Waals surface area contributed by atoms with E-state index in [1.165, 1.54) is 58.0 Å². The lowest BCUT2D eigenvalue weighted by molar-refractivity contribution is -0.117. The zero-order chi connectivity index (χ0) is 17.5. The Kier molecular flexibility index (Phi) is 6.69. The maximum atomic E-state index is 12.4. The first-order chi connectivity index (χ1) is 12.2. The van der Waals surface area contributed by atoms with Crippen LogP contribution in [0.4, 0.5) is 0 Å². The number of likely N-dealkylation sites (tertiary alicyclic amines) is 1. The predicted molar refractivity (Wildman–Crippen MR) is 104 cm³/mol. The molecule has 1 aliphatic carbocycles. The van der Waals surface area contributed by atoms with Gasteiger partial charge in [0.1, 0.15) is 0 Å². The minimum Gasteiger partial charge on any atom is -0.351 e. The average molecular weight is 341 g/mol. The van der Waals surface area contributed by atoms with E-state index in [4.69, 9.17) is 0 Å². The molecule has 3 rings (SSSR count). The molecule has 2 aliphatic rings. The standard InChI is InChI=1S/C22H32N2O/c1-18(15-19-9-4-2-5-10-19)22(25)23-16-21-13-8-14-24(21)17-20-11-6-3-7-12-20/h2,4-5,9-10,15,20-21H,3,6-8,11-14,16-17H2,1H3,(H,23,25)/t21-/m0/s1. The van der Waals surface area contributed by atoms with Crippen LogP contribution in [0.5, 0.6) is 0 Å². The molecule has 1 aliphatic heterocycles. The minimum atomic E-state index is 0.0633. The Morgan fingerprint density at radius 1 is 1.12 bits per heavy atom. The van der Waals surface area contributed by atoms with Crippen LogP contribution in [0.2, 0.25) is 0 Å². The van der Waals surface area contributed by atoms with Gasteiger partial charge in [-0.05, 0) is 56.7 Å². The van der Waals surface area contributed by atoms with Crippen molar-refractivity contribution >= 4 is 12.0 Å². The Labute approximate surface area is 152 Å². The highest BCUT2D eigenvalue weighted by atomic mass is 16.1. The first-order valence-corrected chi connectivity index (χ1v) is 9.98. The van der Waals surface area contributed by atoms with Crippen LogP contribution in [0.25, 0.3) is 6.08 Å². The van der Waals surface area contributed by atoms with Crippen LogP contribution in [0, 0.1) is 5.92 Å². The summed E-state index contributed by atoms with van der Waals surface area (Å²) in [6.07, 6.45) is 11.5. The summed E-state index contributed by atoms with van der Waals surface area (Å²) in [5, 5.41) is 3.16. The zero-order valence-electron chi connectivity index (χ0n) is 15.5. The molecule has 0 radical (unpaired) electrons. The van der Waals surface area contributed by atoms with Crippen LogP contribution >= 0.6 is 0 Å². The normalized spacial score (nSPS) is 22.9. The molecule has 1 saturated heterocycles. The lowest BCUT2D eigenvalue weighted by Gasteiger charge is -2.31. The van der Waals surface area contributed by atoms with E-state index in [2.05, 4.69) is 10.2 Å². The Bertz CT molecular complexity index is 575. The van der Waals surface area contributed by atoms with E-state index in [1.54, 1.807) is 0 Å². The third-order valence-electron chi connectivity index (χ3n) is 5.76. The number of amides is 1. The van der Waals surface area contributed by atoms with E-state index in [9.17, 15) is 4.79 Å². The van der Waals surface area contributed by atoms with Crippen molar-refractivity contribution in [3.05, 3.63) is 41.5 Å². The van der Waals surface area contributed by atoms with Gasteiger partial charge in [-0.25, -0.2) is 0 Å². The van der Waals surface area contributed by atoms with Crippen molar-refractivity contribution in [3.8, 4) is 0 Å². The number of benzene rings is 1. The quantitative estimate of drug-likeness (QED) is 0.785. The van der Waals surface area contributed by atoms with Crippen molar-refractivity contribution in [2.45, 2.75) is 57.9 Å². The van der Waals surface area contributed by atoms with E-state index in [1.807, 2.05) is 43.3 Å². The summed E-state index contributed by atoms with van der Waals surface area (Å²) in [6, 6.07) is 10.6. The van der Waals surface area contributed by atoms with E-state index in [0.717, 1.165) is 23.6 Å². The maximum Gasteiger partial charge on any atom is 0.246 e. The summed E-state index contributed by atoms with van der Waals surface area (Å²) < 4.78 is 0. The van der Waals surface area contributed by atoms with Gasteiger partial charge in [0.2, 0.25) is 5.91 Å².